The van der Waals surface area contributed by atoms with E-state index in [2.05, 4.69) is 12.2 Å². The van der Waals surface area contributed by atoms with E-state index in [-0.39, 0.29) is 11.6 Å². The lowest BCUT2D eigenvalue weighted by Gasteiger charge is -2.36. The van der Waals surface area contributed by atoms with E-state index in [1.807, 2.05) is 13.0 Å². The highest BCUT2D eigenvalue weighted by molar-refractivity contribution is 7.91. The standard InChI is InChI=1S/C21H26FNO2S/c1-3-5-14-21(4-2)15-26(24,25)19-13-9-7-11-17(19)20(23-21)16-10-6-8-12-18(16)22/h6-13,20,23H,3-5,14-15H2,1-2H3/t20-,21+/m0/s1. The highest BCUT2D eigenvalue weighted by atomic mass is 32.2. The highest BCUT2D eigenvalue weighted by Crippen LogP contribution is 2.38. The van der Waals surface area contributed by atoms with Crippen molar-refractivity contribution in [2.45, 2.75) is 56.0 Å². The summed E-state index contributed by atoms with van der Waals surface area (Å²) in [5.41, 5.74) is 0.552. The van der Waals surface area contributed by atoms with Crippen LogP contribution >= 0.6 is 0 Å². The van der Waals surface area contributed by atoms with Crippen LogP contribution < -0.4 is 5.32 Å². The third-order valence-corrected chi connectivity index (χ3v) is 7.36. The molecular formula is C21H26FNO2S. The molecule has 2 aromatic rings. The van der Waals surface area contributed by atoms with Crippen molar-refractivity contribution in [3.05, 3.63) is 65.5 Å². The van der Waals surface area contributed by atoms with Crippen molar-refractivity contribution < 1.29 is 12.8 Å². The van der Waals surface area contributed by atoms with Crippen LogP contribution in [0.1, 0.15) is 56.7 Å². The molecule has 3 nitrogen and oxygen atoms in total. The number of sulfone groups is 1. The predicted octanol–water partition coefficient (Wildman–Crippen LogP) is 4.63. The molecule has 26 heavy (non-hydrogen) atoms. The van der Waals surface area contributed by atoms with E-state index in [0.29, 0.717) is 22.4 Å². The largest absolute Gasteiger partial charge is 0.300 e. The van der Waals surface area contributed by atoms with E-state index in [0.717, 1.165) is 19.3 Å². The monoisotopic (exact) mass is 375 g/mol. The smallest absolute Gasteiger partial charge is 0.180 e. The van der Waals surface area contributed by atoms with Gasteiger partial charge in [0, 0.05) is 11.1 Å². The van der Waals surface area contributed by atoms with Gasteiger partial charge in [-0.25, -0.2) is 12.8 Å². The van der Waals surface area contributed by atoms with Gasteiger partial charge in [-0.15, -0.1) is 0 Å². The van der Waals surface area contributed by atoms with Crippen LogP contribution in [0.2, 0.25) is 0 Å². The van der Waals surface area contributed by atoms with Gasteiger partial charge in [-0.1, -0.05) is 63.1 Å². The van der Waals surface area contributed by atoms with Gasteiger partial charge in [-0.3, -0.25) is 5.32 Å². The van der Waals surface area contributed by atoms with Crippen LogP contribution in [0, 0.1) is 5.82 Å². The first kappa shape index (κ1) is 19.1. The lowest BCUT2D eigenvalue weighted by atomic mass is 9.88. The molecule has 0 fully saturated rings. The van der Waals surface area contributed by atoms with Gasteiger partial charge in [0.15, 0.2) is 9.84 Å². The fourth-order valence-electron chi connectivity index (χ4n) is 3.86. The average molecular weight is 376 g/mol. The molecule has 1 heterocycles. The second-order valence-corrected chi connectivity index (χ2v) is 9.09. The second-order valence-electron chi connectivity index (χ2n) is 7.13. The third kappa shape index (κ3) is 3.55. The second kappa shape index (κ2) is 7.49. The maximum Gasteiger partial charge on any atom is 0.180 e. The van der Waals surface area contributed by atoms with Crippen molar-refractivity contribution in [2.75, 3.05) is 5.75 Å². The van der Waals surface area contributed by atoms with Gasteiger partial charge in [0.2, 0.25) is 0 Å². The number of benzene rings is 2. The Morgan fingerprint density at radius 1 is 1.08 bits per heavy atom. The molecule has 0 saturated carbocycles. The van der Waals surface area contributed by atoms with Crippen molar-refractivity contribution >= 4 is 9.84 Å². The number of hydrogen-bond acceptors (Lipinski definition) is 3. The SMILES string of the molecule is CCCC[C@]1(CC)CS(=O)(=O)c2ccccc2[C@H](c2ccccc2F)N1. The molecule has 140 valence electrons. The van der Waals surface area contributed by atoms with Gasteiger partial charge in [-0.2, -0.15) is 0 Å². The molecule has 5 heteroatoms. The Labute approximate surface area is 155 Å². The summed E-state index contributed by atoms with van der Waals surface area (Å²) < 4.78 is 40.9. The van der Waals surface area contributed by atoms with Crippen molar-refractivity contribution in [1.82, 2.24) is 5.32 Å². The molecule has 0 aliphatic carbocycles. The van der Waals surface area contributed by atoms with Crippen LogP contribution in [-0.4, -0.2) is 19.7 Å². The summed E-state index contributed by atoms with van der Waals surface area (Å²) in [5, 5.41) is 3.56. The quantitative estimate of drug-likeness (QED) is 0.829. The van der Waals surface area contributed by atoms with E-state index in [1.54, 1.807) is 36.4 Å². The van der Waals surface area contributed by atoms with Crippen LogP contribution in [0.15, 0.2) is 53.4 Å². The summed E-state index contributed by atoms with van der Waals surface area (Å²) in [6, 6.07) is 13.1. The van der Waals surface area contributed by atoms with E-state index >= 15 is 0 Å². The average Bonchev–Trinajstić information content (AvgIpc) is 2.74. The van der Waals surface area contributed by atoms with E-state index in [4.69, 9.17) is 0 Å². The van der Waals surface area contributed by atoms with Gasteiger partial charge < -0.3 is 0 Å². The molecule has 0 aromatic heterocycles. The van der Waals surface area contributed by atoms with Crippen LogP contribution in [0.25, 0.3) is 0 Å². The maximum absolute atomic E-state index is 14.6. The topological polar surface area (TPSA) is 46.2 Å². The molecule has 1 aliphatic heterocycles. The minimum absolute atomic E-state index is 0.0401. The third-order valence-electron chi connectivity index (χ3n) is 5.38. The number of halogens is 1. The zero-order valence-electron chi connectivity index (χ0n) is 15.3. The molecule has 1 aliphatic rings. The zero-order chi connectivity index (χ0) is 18.8. The molecule has 2 atom stereocenters. The van der Waals surface area contributed by atoms with Gasteiger partial charge in [0.05, 0.1) is 16.7 Å². The van der Waals surface area contributed by atoms with Gasteiger partial charge in [0.25, 0.3) is 0 Å². The van der Waals surface area contributed by atoms with E-state index in [1.165, 1.54) is 6.07 Å². The summed E-state index contributed by atoms with van der Waals surface area (Å²) in [4.78, 5) is 0.313. The summed E-state index contributed by atoms with van der Waals surface area (Å²) >= 11 is 0. The number of nitrogens with one attached hydrogen (secondary N) is 1. The lowest BCUT2D eigenvalue weighted by molar-refractivity contribution is 0.292. The van der Waals surface area contributed by atoms with Gasteiger partial charge in [0.1, 0.15) is 5.82 Å². The number of unbranched alkanes of at least 4 members (excludes halogenated alkanes) is 1. The van der Waals surface area contributed by atoms with Crippen LogP contribution in [0.4, 0.5) is 4.39 Å². The predicted molar refractivity (Wildman–Crippen MR) is 102 cm³/mol. The molecule has 3 rings (SSSR count). The first-order valence-corrected chi connectivity index (χ1v) is 10.9. The Morgan fingerprint density at radius 3 is 2.38 bits per heavy atom. The molecule has 1 N–H and O–H groups in total. The minimum atomic E-state index is -3.47. The summed E-state index contributed by atoms with van der Waals surface area (Å²) in [6.45, 7) is 4.10. The molecule has 0 bridgehead atoms. The van der Waals surface area contributed by atoms with Crippen molar-refractivity contribution in [3.63, 3.8) is 0 Å². The summed E-state index contributed by atoms with van der Waals surface area (Å²) in [5.74, 6) is -0.280. The molecule has 2 aromatic carbocycles. The number of hydrogen-bond donors (Lipinski definition) is 1. The fraction of sp³-hybridized carbons (Fsp3) is 0.429. The minimum Gasteiger partial charge on any atom is -0.300 e. The van der Waals surface area contributed by atoms with Crippen LogP contribution in [0.5, 0.6) is 0 Å². The number of rotatable bonds is 5. The first-order chi connectivity index (χ1) is 12.4. The van der Waals surface area contributed by atoms with Crippen LogP contribution in [-0.2, 0) is 9.84 Å². The summed E-state index contributed by atoms with van der Waals surface area (Å²) in [6.07, 6.45) is 3.33. The van der Waals surface area contributed by atoms with Crippen molar-refractivity contribution in [1.29, 1.82) is 0 Å². The summed E-state index contributed by atoms with van der Waals surface area (Å²) in [7, 11) is -3.47. The van der Waals surface area contributed by atoms with E-state index < -0.39 is 21.4 Å². The lowest BCUT2D eigenvalue weighted by Crippen LogP contribution is -2.50. The van der Waals surface area contributed by atoms with Crippen LogP contribution in [0.3, 0.4) is 0 Å². The molecule has 0 unspecified atom stereocenters. The molecule has 0 amide bonds. The fourth-order valence-corrected chi connectivity index (χ4v) is 6.01. The highest BCUT2D eigenvalue weighted by Gasteiger charge is 2.42. The zero-order valence-corrected chi connectivity index (χ0v) is 16.2. The maximum atomic E-state index is 14.6. The Hall–Kier alpha value is -1.72. The van der Waals surface area contributed by atoms with Gasteiger partial charge in [-0.05, 0) is 30.5 Å². The number of fused-ring (bicyclic) bond motifs is 1. The molecule has 0 saturated heterocycles. The Morgan fingerprint density at radius 2 is 1.73 bits per heavy atom. The Balaban J connectivity index is 2.21. The molecule has 0 radical (unpaired) electrons. The van der Waals surface area contributed by atoms with Crippen molar-refractivity contribution in [3.8, 4) is 0 Å². The molecular weight excluding hydrogens is 349 g/mol. The Bertz CT molecular complexity index is 881. The molecule has 0 spiro atoms. The Kier molecular flexibility index (Phi) is 5.49. The normalized spacial score (nSPS) is 24.7. The van der Waals surface area contributed by atoms with Gasteiger partial charge >= 0.3 is 0 Å². The van der Waals surface area contributed by atoms with Crippen molar-refractivity contribution in [2.24, 2.45) is 0 Å². The van der Waals surface area contributed by atoms with E-state index in [9.17, 15) is 12.8 Å². The first-order valence-electron chi connectivity index (χ1n) is 9.26.